The molecule has 0 aliphatic carbocycles. The molecular weight excluding hydrogens is 238 g/mol. The molecule has 0 spiro atoms. The summed E-state index contributed by atoms with van der Waals surface area (Å²) in [6.45, 7) is 7.88. The summed E-state index contributed by atoms with van der Waals surface area (Å²) in [5.41, 5.74) is 3.74. The van der Waals surface area contributed by atoms with E-state index in [2.05, 4.69) is 42.0 Å². The molecule has 2 heterocycles. The SMILES string of the molecule is CNC(=O)CN1CCc2ncc(C(C)C)cc2C1C. The van der Waals surface area contributed by atoms with Crippen LogP contribution in [0.1, 0.15) is 49.6 Å². The van der Waals surface area contributed by atoms with Crippen molar-refractivity contribution in [3.63, 3.8) is 0 Å². The van der Waals surface area contributed by atoms with E-state index in [1.807, 2.05) is 6.20 Å². The molecule has 1 unspecified atom stereocenters. The first-order chi connectivity index (χ1) is 9.02. The van der Waals surface area contributed by atoms with E-state index in [0.717, 1.165) is 13.0 Å². The Kier molecular flexibility index (Phi) is 4.20. The van der Waals surface area contributed by atoms with E-state index in [0.29, 0.717) is 12.5 Å². The molecule has 1 N–H and O–H groups in total. The third-order valence-corrected chi connectivity index (χ3v) is 3.95. The second-order valence-electron chi connectivity index (χ2n) is 5.53. The summed E-state index contributed by atoms with van der Waals surface area (Å²) >= 11 is 0. The standard InChI is InChI=1S/C15H23N3O/c1-10(2)12-7-13-11(3)18(9-15(19)16-4)6-5-14(13)17-8-12/h7-8,10-11H,5-6,9H2,1-4H3,(H,16,19). The number of carbonyl (C=O) groups is 1. The molecule has 1 aromatic rings. The molecule has 1 aliphatic rings. The monoisotopic (exact) mass is 261 g/mol. The quantitative estimate of drug-likeness (QED) is 0.903. The lowest BCUT2D eigenvalue weighted by Crippen LogP contribution is -2.41. The summed E-state index contributed by atoms with van der Waals surface area (Å²) in [4.78, 5) is 18.4. The average molecular weight is 261 g/mol. The van der Waals surface area contributed by atoms with Gasteiger partial charge in [-0.2, -0.15) is 0 Å². The van der Waals surface area contributed by atoms with E-state index in [-0.39, 0.29) is 11.9 Å². The minimum absolute atomic E-state index is 0.0725. The first kappa shape index (κ1) is 14.0. The number of aromatic nitrogens is 1. The maximum atomic E-state index is 11.5. The number of amides is 1. The summed E-state index contributed by atoms with van der Waals surface area (Å²) in [6.07, 6.45) is 2.92. The molecular formula is C15H23N3O. The summed E-state index contributed by atoms with van der Waals surface area (Å²) < 4.78 is 0. The number of hydrogen-bond donors (Lipinski definition) is 1. The van der Waals surface area contributed by atoms with Crippen molar-refractivity contribution >= 4 is 5.91 Å². The Morgan fingerprint density at radius 2 is 2.32 bits per heavy atom. The molecule has 0 saturated heterocycles. The predicted molar refractivity (Wildman–Crippen MR) is 76.1 cm³/mol. The number of pyridine rings is 1. The van der Waals surface area contributed by atoms with Gasteiger partial charge in [0, 0.05) is 37.9 Å². The van der Waals surface area contributed by atoms with Gasteiger partial charge in [0.1, 0.15) is 0 Å². The fraction of sp³-hybridized carbons (Fsp3) is 0.600. The van der Waals surface area contributed by atoms with Gasteiger partial charge in [0.25, 0.3) is 0 Å². The number of fused-ring (bicyclic) bond motifs is 1. The van der Waals surface area contributed by atoms with Crippen molar-refractivity contribution in [2.45, 2.75) is 39.2 Å². The van der Waals surface area contributed by atoms with Crippen LogP contribution in [0.25, 0.3) is 0 Å². The summed E-state index contributed by atoms with van der Waals surface area (Å²) in [5.74, 6) is 0.558. The van der Waals surface area contributed by atoms with Gasteiger partial charge in [-0.1, -0.05) is 19.9 Å². The highest BCUT2D eigenvalue weighted by molar-refractivity contribution is 5.77. The van der Waals surface area contributed by atoms with Crippen molar-refractivity contribution in [2.24, 2.45) is 0 Å². The zero-order valence-corrected chi connectivity index (χ0v) is 12.2. The lowest BCUT2D eigenvalue weighted by atomic mass is 9.94. The van der Waals surface area contributed by atoms with Crippen molar-refractivity contribution in [3.8, 4) is 0 Å². The van der Waals surface area contributed by atoms with Crippen molar-refractivity contribution in [1.82, 2.24) is 15.2 Å². The second-order valence-corrected chi connectivity index (χ2v) is 5.53. The molecule has 0 bridgehead atoms. The van der Waals surface area contributed by atoms with Crippen LogP contribution in [-0.2, 0) is 11.2 Å². The van der Waals surface area contributed by atoms with Crippen LogP contribution in [0.3, 0.4) is 0 Å². The Balaban J connectivity index is 2.23. The maximum absolute atomic E-state index is 11.5. The second kappa shape index (κ2) is 5.70. The Hall–Kier alpha value is -1.42. The van der Waals surface area contributed by atoms with Gasteiger partial charge in [-0.25, -0.2) is 0 Å². The Morgan fingerprint density at radius 1 is 1.58 bits per heavy atom. The molecule has 0 aromatic carbocycles. The van der Waals surface area contributed by atoms with Gasteiger partial charge in [0.2, 0.25) is 5.91 Å². The zero-order valence-electron chi connectivity index (χ0n) is 12.2. The van der Waals surface area contributed by atoms with Crippen LogP contribution in [0.2, 0.25) is 0 Å². The summed E-state index contributed by atoms with van der Waals surface area (Å²) in [6, 6.07) is 2.51. The number of hydrogen-bond acceptors (Lipinski definition) is 3. The molecule has 1 aliphatic heterocycles. The van der Waals surface area contributed by atoms with Gasteiger partial charge >= 0.3 is 0 Å². The molecule has 1 amide bonds. The van der Waals surface area contributed by atoms with Crippen LogP contribution in [0.15, 0.2) is 12.3 Å². The van der Waals surface area contributed by atoms with E-state index >= 15 is 0 Å². The van der Waals surface area contributed by atoms with E-state index in [1.165, 1.54) is 16.8 Å². The number of carbonyl (C=O) groups excluding carboxylic acids is 1. The van der Waals surface area contributed by atoms with Gasteiger partial charge < -0.3 is 5.32 Å². The first-order valence-electron chi connectivity index (χ1n) is 6.96. The van der Waals surface area contributed by atoms with Crippen LogP contribution in [0.5, 0.6) is 0 Å². The topological polar surface area (TPSA) is 45.2 Å². The van der Waals surface area contributed by atoms with Gasteiger partial charge in [0.05, 0.1) is 6.54 Å². The number of rotatable bonds is 3. The van der Waals surface area contributed by atoms with Gasteiger partial charge in [-0.3, -0.25) is 14.7 Å². The lowest BCUT2D eigenvalue weighted by Gasteiger charge is -2.34. The average Bonchev–Trinajstić information content (AvgIpc) is 2.41. The zero-order chi connectivity index (χ0) is 14.0. The Labute approximate surface area is 115 Å². The fourth-order valence-corrected chi connectivity index (χ4v) is 2.53. The van der Waals surface area contributed by atoms with Crippen molar-refractivity contribution in [2.75, 3.05) is 20.1 Å². The van der Waals surface area contributed by atoms with Gasteiger partial charge in [-0.15, -0.1) is 0 Å². The van der Waals surface area contributed by atoms with Crippen LogP contribution in [0, 0.1) is 0 Å². The number of likely N-dealkylation sites (N-methyl/N-ethyl adjacent to an activating group) is 1. The molecule has 19 heavy (non-hydrogen) atoms. The van der Waals surface area contributed by atoms with E-state index in [1.54, 1.807) is 7.05 Å². The summed E-state index contributed by atoms with van der Waals surface area (Å²) in [5, 5.41) is 2.69. The third kappa shape index (κ3) is 2.95. The van der Waals surface area contributed by atoms with E-state index in [4.69, 9.17) is 0 Å². The van der Waals surface area contributed by atoms with Gasteiger partial charge in [0.15, 0.2) is 0 Å². The molecule has 104 valence electrons. The highest BCUT2D eigenvalue weighted by atomic mass is 16.1. The molecule has 4 nitrogen and oxygen atoms in total. The Morgan fingerprint density at radius 3 is 2.95 bits per heavy atom. The summed E-state index contributed by atoms with van der Waals surface area (Å²) in [7, 11) is 1.68. The third-order valence-electron chi connectivity index (χ3n) is 3.95. The Bertz CT molecular complexity index is 470. The largest absolute Gasteiger partial charge is 0.358 e. The van der Waals surface area contributed by atoms with Crippen LogP contribution < -0.4 is 5.32 Å². The van der Waals surface area contributed by atoms with Crippen molar-refractivity contribution in [3.05, 3.63) is 29.1 Å². The fourth-order valence-electron chi connectivity index (χ4n) is 2.53. The minimum Gasteiger partial charge on any atom is -0.358 e. The molecule has 1 aromatic heterocycles. The number of nitrogens with zero attached hydrogens (tertiary/aromatic N) is 2. The highest BCUT2D eigenvalue weighted by Gasteiger charge is 2.26. The van der Waals surface area contributed by atoms with Gasteiger partial charge in [-0.05, 0) is 24.0 Å². The number of nitrogens with one attached hydrogen (secondary N) is 1. The molecule has 0 saturated carbocycles. The molecule has 1 atom stereocenters. The smallest absolute Gasteiger partial charge is 0.233 e. The van der Waals surface area contributed by atoms with Crippen molar-refractivity contribution < 1.29 is 4.79 Å². The van der Waals surface area contributed by atoms with E-state index in [9.17, 15) is 4.79 Å². The molecule has 2 rings (SSSR count). The molecule has 0 fully saturated rings. The highest BCUT2D eigenvalue weighted by Crippen LogP contribution is 2.30. The van der Waals surface area contributed by atoms with Crippen LogP contribution >= 0.6 is 0 Å². The van der Waals surface area contributed by atoms with Crippen molar-refractivity contribution in [1.29, 1.82) is 0 Å². The lowest BCUT2D eigenvalue weighted by molar-refractivity contribution is -0.122. The van der Waals surface area contributed by atoms with Crippen LogP contribution in [0.4, 0.5) is 0 Å². The maximum Gasteiger partial charge on any atom is 0.233 e. The molecule has 0 radical (unpaired) electrons. The first-order valence-corrected chi connectivity index (χ1v) is 6.96. The van der Waals surface area contributed by atoms with Crippen LogP contribution in [-0.4, -0.2) is 35.9 Å². The predicted octanol–water partition coefficient (Wildman–Crippen LogP) is 1.87. The normalized spacial score (nSPS) is 19.3. The van der Waals surface area contributed by atoms with E-state index < -0.39 is 0 Å². The molecule has 4 heteroatoms. The minimum atomic E-state index is 0.0725.